The van der Waals surface area contributed by atoms with Crippen LogP contribution in [0.1, 0.15) is 39.1 Å². The summed E-state index contributed by atoms with van der Waals surface area (Å²) in [7, 11) is 0. The molecule has 2 N–H and O–H groups in total. The van der Waals surface area contributed by atoms with E-state index in [9.17, 15) is 0 Å². The molecule has 0 aromatic carbocycles. The largest absolute Gasteiger partial charge is 0.321 e. The van der Waals surface area contributed by atoms with Crippen molar-refractivity contribution in [2.45, 2.75) is 39.8 Å². The lowest BCUT2D eigenvalue weighted by Crippen LogP contribution is -2.17. The van der Waals surface area contributed by atoms with Gasteiger partial charge in [-0.1, -0.05) is 20.8 Å². The molecule has 0 aliphatic heterocycles. The van der Waals surface area contributed by atoms with Crippen molar-refractivity contribution in [3.8, 4) is 0 Å². The van der Waals surface area contributed by atoms with Crippen LogP contribution >= 0.6 is 0 Å². The molecule has 74 valence electrons. The second-order valence-corrected chi connectivity index (χ2v) is 3.75. The van der Waals surface area contributed by atoms with Gasteiger partial charge in [0.15, 0.2) is 0 Å². The SMILES string of the molecule is CCC(N)c1nncn1CC(C)C. The van der Waals surface area contributed by atoms with E-state index < -0.39 is 0 Å². The van der Waals surface area contributed by atoms with Crippen molar-refractivity contribution in [1.82, 2.24) is 14.8 Å². The number of aromatic nitrogens is 3. The molecule has 4 heteroatoms. The minimum absolute atomic E-state index is 0.0150. The van der Waals surface area contributed by atoms with E-state index in [1.807, 2.05) is 4.57 Å². The van der Waals surface area contributed by atoms with E-state index in [2.05, 4.69) is 31.0 Å². The molecule has 4 nitrogen and oxygen atoms in total. The Balaban J connectivity index is 2.76. The highest BCUT2D eigenvalue weighted by atomic mass is 15.3. The molecule has 0 bridgehead atoms. The van der Waals surface area contributed by atoms with Crippen molar-refractivity contribution >= 4 is 0 Å². The maximum atomic E-state index is 5.89. The van der Waals surface area contributed by atoms with E-state index in [4.69, 9.17) is 5.73 Å². The first-order chi connectivity index (χ1) is 6.15. The van der Waals surface area contributed by atoms with Gasteiger partial charge in [0.05, 0.1) is 6.04 Å². The van der Waals surface area contributed by atoms with Crippen molar-refractivity contribution in [2.24, 2.45) is 11.7 Å². The first-order valence-electron chi connectivity index (χ1n) is 4.78. The molecule has 0 aliphatic carbocycles. The third-order valence-electron chi connectivity index (χ3n) is 1.98. The van der Waals surface area contributed by atoms with Gasteiger partial charge in [0.2, 0.25) is 0 Å². The number of hydrogen-bond donors (Lipinski definition) is 1. The lowest BCUT2D eigenvalue weighted by Gasteiger charge is -2.12. The van der Waals surface area contributed by atoms with Crippen LogP contribution < -0.4 is 5.73 Å². The zero-order valence-electron chi connectivity index (χ0n) is 8.57. The van der Waals surface area contributed by atoms with Gasteiger partial charge in [-0.3, -0.25) is 0 Å². The molecule has 1 unspecified atom stereocenters. The van der Waals surface area contributed by atoms with Gasteiger partial charge >= 0.3 is 0 Å². The first-order valence-corrected chi connectivity index (χ1v) is 4.78. The molecular formula is C9H18N4. The molecule has 1 heterocycles. The quantitative estimate of drug-likeness (QED) is 0.764. The number of rotatable bonds is 4. The van der Waals surface area contributed by atoms with Gasteiger partial charge in [0, 0.05) is 6.54 Å². The van der Waals surface area contributed by atoms with E-state index in [0.29, 0.717) is 5.92 Å². The van der Waals surface area contributed by atoms with Gasteiger partial charge in [-0.05, 0) is 12.3 Å². The Hall–Kier alpha value is -0.900. The van der Waals surface area contributed by atoms with Gasteiger partial charge in [-0.15, -0.1) is 10.2 Å². The summed E-state index contributed by atoms with van der Waals surface area (Å²) >= 11 is 0. The van der Waals surface area contributed by atoms with Crippen LogP contribution in [0.3, 0.4) is 0 Å². The lowest BCUT2D eigenvalue weighted by molar-refractivity contribution is 0.485. The molecule has 0 spiro atoms. The van der Waals surface area contributed by atoms with Crippen molar-refractivity contribution in [3.63, 3.8) is 0 Å². The summed E-state index contributed by atoms with van der Waals surface area (Å²) in [6.07, 6.45) is 2.65. The molecule has 0 amide bonds. The van der Waals surface area contributed by atoms with Crippen LogP contribution in [-0.2, 0) is 6.54 Å². The van der Waals surface area contributed by atoms with Crippen molar-refractivity contribution in [3.05, 3.63) is 12.2 Å². The van der Waals surface area contributed by atoms with Crippen LogP contribution in [0, 0.1) is 5.92 Å². The highest BCUT2D eigenvalue weighted by molar-refractivity contribution is 4.93. The fourth-order valence-electron chi connectivity index (χ4n) is 1.27. The lowest BCUT2D eigenvalue weighted by atomic mass is 10.2. The monoisotopic (exact) mass is 182 g/mol. The number of hydrogen-bond acceptors (Lipinski definition) is 3. The second kappa shape index (κ2) is 4.37. The van der Waals surface area contributed by atoms with Gasteiger partial charge in [0.1, 0.15) is 12.2 Å². The fraction of sp³-hybridized carbons (Fsp3) is 0.778. The van der Waals surface area contributed by atoms with Gasteiger partial charge < -0.3 is 10.3 Å². The zero-order valence-corrected chi connectivity index (χ0v) is 8.57. The van der Waals surface area contributed by atoms with Crippen LogP contribution in [-0.4, -0.2) is 14.8 Å². The molecule has 0 fully saturated rings. The van der Waals surface area contributed by atoms with Gasteiger partial charge in [-0.2, -0.15) is 0 Å². The molecule has 0 radical (unpaired) electrons. The molecule has 0 saturated heterocycles. The minimum Gasteiger partial charge on any atom is -0.321 e. The van der Waals surface area contributed by atoms with E-state index in [1.54, 1.807) is 6.33 Å². The second-order valence-electron chi connectivity index (χ2n) is 3.75. The average Bonchev–Trinajstić information content (AvgIpc) is 2.50. The predicted octanol–water partition coefficient (Wildman–Crippen LogP) is 1.34. The third-order valence-corrected chi connectivity index (χ3v) is 1.98. The summed E-state index contributed by atoms with van der Waals surface area (Å²) in [5.74, 6) is 1.50. The molecule has 1 rings (SSSR count). The average molecular weight is 182 g/mol. The van der Waals surface area contributed by atoms with Gasteiger partial charge in [0.25, 0.3) is 0 Å². The molecular weight excluding hydrogens is 164 g/mol. The molecule has 1 aromatic heterocycles. The number of nitrogens with zero attached hydrogens (tertiary/aromatic N) is 3. The Bertz CT molecular complexity index is 254. The van der Waals surface area contributed by atoms with Crippen molar-refractivity contribution in [2.75, 3.05) is 0 Å². The van der Waals surface area contributed by atoms with Crippen LogP contribution in [0.25, 0.3) is 0 Å². The fourth-order valence-corrected chi connectivity index (χ4v) is 1.27. The molecule has 13 heavy (non-hydrogen) atoms. The summed E-state index contributed by atoms with van der Waals surface area (Å²) < 4.78 is 2.04. The Kier molecular flexibility index (Phi) is 3.42. The summed E-state index contributed by atoms with van der Waals surface area (Å²) in [6, 6.07) is 0.0150. The summed E-state index contributed by atoms with van der Waals surface area (Å²) in [4.78, 5) is 0. The molecule has 1 aromatic rings. The zero-order chi connectivity index (χ0) is 9.84. The summed E-state index contributed by atoms with van der Waals surface area (Å²) in [5, 5.41) is 7.91. The van der Waals surface area contributed by atoms with E-state index in [0.717, 1.165) is 18.8 Å². The maximum absolute atomic E-state index is 5.89. The predicted molar refractivity (Wildman–Crippen MR) is 52.1 cm³/mol. The van der Waals surface area contributed by atoms with E-state index >= 15 is 0 Å². The topological polar surface area (TPSA) is 56.7 Å². The summed E-state index contributed by atoms with van der Waals surface area (Å²) in [6.45, 7) is 7.33. The smallest absolute Gasteiger partial charge is 0.149 e. The molecule has 0 saturated carbocycles. The Morgan fingerprint density at radius 1 is 1.54 bits per heavy atom. The van der Waals surface area contributed by atoms with Crippen molar-refractivity contribution in [1.29, 1.82) is 0 Å². The Labute approximate surface area is 79.2 Å². The normalized spacial score (nSPS) is 13.6. The number of nitrogens with two attached hydrogens (primary N) is 1. The van der Waals surface area contributed by atoms with Crippen LogP contribution in [0.4, 0.5) is 0 Å². The maximum Gasteiger partial charge on any atom is 0.149 e. The van der Waals surface area contributed by atoms with Gasteiger partial charge in [-0.25, -0.2) is 0 Å². The Morgan fingerprint density at radius 3 is 2.77 bits per heavy atom. The standard InChI is InChI=1S/C9H18N4/c1-4-8(10)9-12-11-6-13(9)5-7(2)3/h6-8H,4-5,10H2,1-3H3. The third kappa shape index (κ3) is 2.52. The highest BCUT2D eigenvalue weighted by Crippen LogP contribution is 2.11. The van der Waals surface area contributed by atoms with Crippen LogP contribution in [0.5, 0.6) is 0 Å². The molecule has 0 aliphatic rings. The van der Waals surface area contributed by atoms with E-state index in [-0.39, 0.29) is 6.04 Å². The molecule has 1 atom stereocenters. The summed E-state index contributed by atoms with van der Waals surface area (Å²) in [5.41, 5.74) is 5.89. The van der Waals surface area contributed by atoms with Crippen LogP contribution in [0.15, 0.2) is 6.33 Å². The minimum atomic E-state index is 0.0150. The van der Waals surface area contributed by atoms with E-state index in [1.165, 1.54) is 0 Å². The first kappa shape index (κ1) is 10.2. The van der Waals surface area contributed by atoms with Crippen molar-refractivity contribution < 1.29 is 0 Å². The van der Waals surface area contributed by atoms with Crippen LogP contribution in [0.2, 0.25) is 0 Å². The Morgan fingerprint density at radius 2 is 2.23 bits per heavy atom. The highest BCUT2D eigenvalue weighted by Gasteiger charge is 2.11.